The molecule has 0 aromatic heterocycles. The van der Waals surface area contributed by atoms with Gasteiger partial charge in [0.05, 0.1) is 10.5 Å². The fourth-order valence-electron chi connectivity index (χ4n) is 2.61. The molecule has 0 unspecified atom stereocenters. The van der Waals surface area contributed by atoms with Gasteiger partial charge in [-0.25, -0.2) is 4.79 Å². The number of anilines is 1. The zero-order valence-electron chi connectivity index (χ0n) is 14.8. The number of rotatable bonds is 6. The molecule has 0 saturated carbocycles. The van der Waals surface area contributed by atoms with Crippen LogP contribution in [0.4, 0.5) is 11.4 Å². The fraction of sp³-hybridized carbons (Fsp3) is 0.263. The van der Waals surface area contributed by atoms with Gasteiger partial charge in [0, 0.05) is 23.9 Å². The molecule has 0 saturated heterocycles. The molecule has 0 aliphatic rings. The summed E-state index contributed by atoms with van der Waals surface area (Å²) >= 11 is 0. The molecule has 0 fully saturated rings. The van der Waals surface area contributed by atoms with Crippen molar-refractivity contribution in [3.05, 3.63) is 69.8 Å². The number of esters is 1. The Hall–Kier alpha value is -3.22. The van der Waals surface area contributed by atoms with Crippen LogP contribution in [0.5, 0.6) is 0 Å². The molecule has 0 spiro atoms. The lowest BCUT2D eigenvalue weighted by Gasteiger charge is -2.24. The molecule has 2 rings (SSSR count). The van der Waals surface area contributed by atoms with Crippen LogP contribution in [0.3, 0.4) is 0 Å². The Labute approximate surface area is 151 Å². The van der Waals surface area contributed by atoms with Crippen LogP contribution < -0.4 is 4.90 Å². The highest BCUT2D eigenvalue weighted by atomic mass is 16.6. The van der Waals surface area contributed by atoms with Crippen molar-refractivity contribution in [2.24, 2.45) is 0 Å². The topological polar surface area (TPSA) is 89.8 Å². The molecule has 0 aliphatic carbocycles. The molecule has 2 aromatic rings. The molecular formula is C19H20N2O5. The minimum Gasteiger partial charge on any atom is -0.449 e. The van der Waals surface area contributed by atoms with E-state index < -0.39 is 17.0 Å². The Bertz CT molecular complexity index is 820. The predicted molar refractivity (Wildman–Crippen MR) is 97.2 cm³/mol. The molecule has 0 heterocycles. The van der Waals surface area contributed by atoms with Gasteiger partial charge < -0.3 is 9.64 Å². The highest BCUT2D eigenvalue weighted by molar-refractivity contribution is 5.99. The lowest BCUT2D eigenvalue weighted by Crippen LogP contribution is -2.40. The first-order valence-corrected chi connectivity index (χ1v) is 8.18. The van der Waals surface area contributed by atoms with E-state index in [9.17, 15) is 19.7 Å². The maximum absolute atomic E-state index is 12.6. The van der Waals surface area contributed by atoms with Crippen molar-refractivity contribution in [2.75, 3.05) is 11.4 Å². The number of ether oxygens (including phenoxy) is 1. The van der Waals surface area contributed by atoms with E-state index in [-0.39, 0.29) is 22.7 Å². The molecule has 0 radical (unpaired) electrons. The van der Waals surface area contributed by atoms with Crippen molar-refractivity contribution in [1.82, 2.24) is 0 Å². The van der Waals surface area contributed by atoms with Crippen molar-refractivity contribution in [3.63, 3.8) is 0 Å². The number of carbonyl (C=O) groups is 2. The van der Waals surface area contributed by atoms with Crippen LogP contribution in [0.2, 0.25) is 0 Å². The number of nitro benzene ring substituents is 1. The largest absolute Gasteiger partial charge is 0.449 e. The van der Waals surface area contributed by atoms with Gasteiger partial charge in [-0.1, -0.05) is 24.3 Å². The number of hydrogen-bond acceptors (Lipinski definition) is 5. The number of hydrogen-bond donors (Lipinski definition) is 0. The van der Waals surface area contributed by atoms with Gasteiger partial charge in [-0.15, -0.1) is 0 Å². The normalized spacial score (nSPS) is 11.5. The van der Waals surface area contributed by atoms with Crippen LogP contribution in [0.15, 0.2) is 48.5 Å². The summed E-state index contributed by atoms with van der Waals surface area (Å²) in [7, 11) is 0. The average Bonchev–Trinajstić information content (AvgIpc) is 2.62. The summed E-state index contributed by atoms with van der Waals surface area (Å²) in [5.74, 6) is -1.13. The number of likely N-dealkylation sites (N-methyl/N-ethyl adjacent to an activating group) is 1. The van der Waals surface area contributed by atoms with E-state index in [1.807, 2.05) is 25.1 Å². The predicted octanol–water partition coefficient (Wildman–Crippen LogP) is 3.50. The van der Waals surface area contributed by atoms with Gasteiger partial charge in [-0.3, -0.25) is 14.9 Å². The molecule has 0 N–H and O–H groups in total. The summed E-state index contributed by atoms with van der Waals surface area (Å²) in [6.45, 7) is 5.20. The monoisotopic (exact) mass is 356 g/mol. The molecule has 1 amide bonds. The highest BCUT2D eigenvalue weighted by Crippen LogP contribution is 2.22. The van der Waals surface area contributed by atoms with E-state index in [0.29, 0.717) is 12.2 Å². The third kappa shape index (κ3) is 4.05. The van der Waals surface area contributed by atoms with Gasteiger partial charge in [0.15, 0.2) is 6.10 Å². The fourth-order valence-corrected chi connectivity index (χ4v) is 2.61. The van der Waals surface area contributed by atoms with Crippen LogP contribution >= 0.6 is 0 Å². The second kappa shape index (κ2) is 8.24. The third-order valence-electron chi connectivity index (χ3n) is 4.00. The summed E-state index contributed by atoms with van der Waals surface area (Å²) < 4.78 is 5.27. The Balaban J connectivity index is 2.17. The summed E-state index contributed by atoms with van der Waals surface area (Å²) in [4.78, 5) is 37.0. The summed E-state index contributed by atoms with van der Waals surface area (Å²) in [6, 6.07) is 13.2. The first kappa shape index (κ1) is 19.1. The van der Waals surface area contributed by atoms with Gasteiger partial charge in [0.25, 0.3) is 11.6 Å². The second-order valence-corrected chi connectivity index (χ2v) is 5.67. The maximum atomic E-state index is 12.6. The minimum atomic E-state index is -1.03. The number of carbonyl (C=O) groups excluding carboxylic acids is 2. The van der Waals surface area contributed by atoms with Gasteiger partial charge in [-0.2, -0.15) is 0 Å². The van der Waals surface area contributed by atoms with Gasteiger partial charge in [0.2, 0.25) is 0 Å². The minimum absolute atomic E-state index is 0.0709. The first-order chi connectivity index (χ1) is 12.4. The van der Waals surface area contributed by atoms with Crippen LogP contribution in [0.25, 0.3) is 0 Å². The lowest BCUT2D eigenvalue weighted by atomic mass is 10.1. The average molecular weight is 356 g/mol. The molecule has 7 nitrogen and oxygen atoms in total. The molecule has 0 aliphatic heterocycles. The van der Waals surface area contributed by atoms with Crippen molar-refractivity contribution in [3.8, 4) is 0 Å². The third-order valence-corrected chi connectivity index (χ3v) is 4.00. The number of benzene rings is 2. The van der Waals surface area contributed by atoms with E-state index in [0.717, 1.165) is 0 Å². The van der Waals surface area contributed by atoms with Crippen molar-refractivity contribution < 1.29 is 19.2 Å². The first-order valence-electron chi connectivity index (χ1n) is 8.18. The van der Waals surface area contributed by atoms with Crippen molar-refractivity contribution >= 4 is 23.3 Å². The molecule has 1 atom stereocenters. The molecule has 0 bridgehead atoms. The maximum Gasteiger partial charge on any atom is 0.339 e. The quantitative estimate of drug-likeness (QED) is 0.449. The molecule has 26 heavy (non-hydrogen) atoms. The van der Waals surface area contributed by atoms with Crippen molar-refractivity contribution in [1.29, 1.82) is 0 Å². The zero-order valence-corrected chi connectivity index (χ0v) is 14.8. The van der Waals surface area contributed by atoms with Crippen LogP contribution in [-0.4, -0.2) is 29.4 Å². The number of nitro groups is 1. The van der Waals surface area contributed by atoms with E-state index in [1.54, 1.807) is 12.1 Å². The van der Waals surface area contributed by atoms with Crippen LogP contribution in [-0.2, 0) is 9.53 Å². The molecule has 2 aromatic carbocycles. The lowest BCUT2D eigenvalue weighted by molar-refractivity contribution is -0.385. The van der Waals surface area contributed by atoms with Crippen LogP contribution in [0.1, 0.15) is 29.8 Å². The molecule has 136 valence electrons. The van der Waals surface area contributed by atoms with E-state index in [1.165, 1.54) is 36.9 Å². The smallest absolute Gasteiger partial charge is 0.339 e. The highest BCUT2D eigenvalue weighted by Gasteiger charge is 2.26. The summed E-state index contributed by atoms with van der Waals surface area (Å²) in [5, 5.41) is 11.0. The van der Waals surface area contributed by atoms with Crippen molar-refractivity contribution in [2.45, 2.75) is 26.9 Å². The van der Waals surface area contributed by atoms with Crippen LogP contribution in [0, 0.1) is 17.0 Å². The SMILES string of the molecule is CCN(C(=O)[C@@H](C)OC(=O)c1cccc([N+](=O)[O-])c1C)c1ccccc1. The van der Waals surface area contributed by atoms with E-state index in [4.69, 9.17) is 4.74 Å². The number of amides is 1. The van der Waals surface area contributed by atoms with E-state index in [2.05, 4.69) is 0 Å². The Morgan fingerprint density at radius 2 is 1.81 bits per heavy atom. The zero-order chi connectivity index (χ0) is 19.3. The second-order valence-electron chi connectivity index (χ2n) is 5.67. The van der Waals surface area contributed by atoms with E-state index >= 15 is 0 Å². The van der Waals surface area contributed by atoms with Gasteiger partial charge in [0.1, 0.15) is 0 Å². The summed E-state index contributed by atoms with van der Waals surface area (Å²) in [6.07, 6.45) is -1.03. The molecule has 7 heteroatoms. The molecular weight excluding hydrogens is 336 g/mol. The number of para-hydroxylation sites is 1. The Kier molecular flexibility index (Phi) is 6.06. The summed E-state index contributed by atoms with van der Waals surface area (Å²) in [5.41, 5.74) is 0.812. The Morgan fingerprint density at radius 3 is 2.38 bits per heavy atom. The van der Waals surface area contributed by atoms with Gasteiger partial charge >= 0.3 is 5.97 Å². The number of nitrogens with zero attached hydrogens (tertiary/aromatic N) is 2. The Morgan fingerprint density at radius 1 is 1.15 bits per heavy atom. The van der Waals surface area contributed by atoms with Gasteiger partial charge in [-0.05, 0) is 39.0 Å². The standard InChI is InChI=1S/C19H20N2O5/c1-4-20(15-9-6-5-7-10-15)18(22)14(3)26-19(23)16-11-8-12-17(13(16)2)21(24)25/h5-12,14H,4H2,1-3H3/t14-/m1/s1.